The first-order valence-corrected chi connectivity index (χ1v) is 8.05. The van der Waals surface area contributed by atoms with Crippen molar-refractivity contribution in [3.05, 3.63) is 59.1 Å². The molecule has 0 saturated heterocycles. The van der Waals surface area contributed by atoms with Crippen LogP contribution in [0.15, 0.2) is 48.5 Å². The number of nitrogens with zero attached hydrogens (tertiary/aromatic N) is 3. The number of hydrogen-bond acceptors (Lipinski definition) is 5. The number of benzene rings is 2. The predicted molar refractivity (Wildman–Crippen MR) is 97.1 cm³/mol. The molecule has 0 bridgehead atoms. The first-order chi connectivity index (χ1) is 12.1. The molecule has 0 spiro atoms. The van der Waals surface area contributed by atoms with Gasteiger partial charge in [0.25, 0.3) is 0 Å². The maximum atomic E-state index is 11.9. The number of aromatic nitrogens is 3. The third kappa shape index (κ3) is 3.97. The second-order valence-electron chi connectivity index (χ2n) is 5.40. The fraction of sp³-hybridized carbons (Fsp3) is 0.167. The van der Waals surface area contributed by atoms with Crippen LogP contribution in [0.25, 0.3) is 11.4 Å². The van der Waals surface area contributed by atoms with Gasteiger partial charge in [-0.25, -0.2) is 0 Å². The van der Waals surface area contributed by atoms with E-state index in [1.54, 1.807) is 7.11 Å². The van der Waals surface area contributed by atoms with Crippen LogP contribution in [-0.2, 0) is 6.54 Å². The van der Waals surface area contributed by atoms with Gasteiger partial charge in [-0.2, -0.15) is 9.67 Å². The third-order valence-corrected chi connectivity index (χ3v) is 3.87. The fourth-order valence-electron chi connectivity index (χ4n) is 2.29. The maximum absolute atomic E-state index is 11.9. The van der Waals surface area contributed by atoms with Gasteiger partial charge in [0, 0.05) is 24.1 Å². The van der Waals surface area contributed by atoms with Crippen molar-refractivity contribution in [2.24, 2.45) is 0 Å². The summed E-state index contributed by atoms with van der Waals surface area (Å²) in [6.07, 6.45) is 0. The Balaban J connectivity index is 1.83. The molecule has 0 unspecified atom stereocenters. The van der Waals surface area contributed by atoms with Crippen molar-refractivity contribution in [1.29, 1.82) is 0 Å². The Labute approximate surface area is 150 Å². The van der Waals surface area contributed by atoms with E-state index in [0.717, 1.165) is 16.9 Å². The first-order valence-electron chi connectivity index (χ1n) is 7.67. The third-order valence-electron chi connectivity index (χ3n) is 3.62. The molecule has 0 atom stereocenters. The molecule has 3 aromatic rings. The van der Waals surface area contributed by atoms with E-state index < -0.39 is 0 Å². The lowest BCUT2D eigenvalue weighted by Gasteiger charge is -2.05. The highest BCUT2D eigenvalue weighted by Gasteiger charge is 2.14. The average molecular weight is 357 g/mol. The lowest BCUT2D eigenvalue weighted by atomic mass is 10.2. The lowest BCUT2D eigenvalue weighted by Crippen LogP contribution is -2.13. The normalized spacial score (nSPS) is 10.5. The molecule has 0 aliphatic heterocycles. The molecule has 0 aliphatic carbocycles. The van der Waals surface area contributed by atoms with E-state index in [1.165, 1.54) is 11.6 Å². The molecule has 7 heteroatoms. The van der Waals surface area contributed by atoms with Gasteiger partial charge < -0.3 is 10.1 Å². The highest BCUT2D eigenvalue weighted by Crippen LogP contribution is 2.21. The minimum atomic E-state index is -0.217. The van der Waals surface area contributed by atoms with Gasteiger partial charge in [-0.15, -0.1) is 5.10 Å². The topological polar surface area (TPSA) is 69.0 Å². The molecular formula is C18H17ClN4O2. The van der Waals surface area contributed by atoms with Gasteiger partial charge >= 0.3 is 0 Å². The molecule has 0 fully saturated rings. The van der Waals surface area contributed by atoms with Crippen molar-refractivity contribution >= 4 is 23.5 Å². The minimum Gasteiger partial charge on any atom is -0.497 e. The number of anilines is 1. The Kier molecular flexibility index (Phi) is 5.00. The van der Waals surface area contributed by atoms with Crippen LogP contribution >= 0.6 is 11.6 Å². The molecule has 128 valence electrons. The van der Waals surface area contributed by atoms with Gasteiger partial charge in [-0.1, -0.05) is 23.7 Å². The van der Waals surface area contributed by atoms with E-state index in [2.05, 4.69) is 15.4 Å². The zero-order valence-electron chi connectivity index (χ0n) is 13.9. The van der Waals surface area contributed by atoms with Crippen LogP contribution in [-0.4, -0.2) is 27.8 Å². The molecule has 25 heavy (non-hydrogen) atoms. The van der Waals surface area contributed by atoms with Crippen LogP contribution < -0.4 is 10.1 Å². The van der Waals surface area contributed by atoms with E-state index in [-0.39, 0.29) is 5.91 Å². The zero-order chi connectivity index (χ0) is 17.8. The summed E-state index contributed by atoms with van der Waals surface area (Å²) < 4.78 is 6.41. The first kappa shape index (κ1) is 17.0. The van der Waals surface area contributed by atoms with Crippen molar-refractivity contribution in [2.75, 3.05) is 12.4 Å². The molecule has 1 aromatic heterocycles. The van der Waals surface area contributed by atoms with E-state index in [0.29, 0.717) is 23.3 Å². The zero-order valence-corrected chi connectivity index (χ0v) is 14.6. The maximum Gasteiger partial charge on any atom is 0.246 e. The quantitative estimate of drug-likeness (QED) is 0.751. The van der Waals surface area contributed by atoms with Gasteiger partial charge in [-0.05, 0) is 42.0 Å². The molecular weight excluding hydrogens is 340 g/mol. The Hall–Kier alpha value is -2.86. The summed E-state index contributed by atoms with van der Waals surface area (Å²) >= 11 is 5.89. The van der Waals surface area contributed by atoms with Gasteiger partial charge in [0.2, 0.25) is 11.9 Å². The molecule has 0 saturated carbocycles. The number of ether oxygens (including phenoxy) is 1. The average Bonchev–Trinajstić information content (AvgIpc) is 3.06. The van der Waals surface area contributed by atoms with Gasteiger partial charge in [0.05, 0.1) is 7.11 Å². The molecule has 1 N–H and O–H groups in total. The number of hydrogen-bond donors (Lipinski definition) is 1. The number of carbonyl (C=O) groups is 1. The Morgan fingerprint density at radius 1 is 1.16 bits per heavy atom. The molecule has 0 radical (unpaired) electrons. The summed E-state index contributed by atoms with van der Waals surface area (Å²) in [5.41, 5.74) is 1.82. The summed E-state index contributed by atoms with van der Waals surface area (Å²) in [6, 6.07) is 14.8. The Morgan fingerprint density at radius 2 is 1.84 bits per heavy atom. The summed E-state index contributed by atoms with van der Waals surface area (Å²) in [6.45, 7) is 1.95. The van der Waals surface area contributed by atoms with E-state index in [1.807, 2.05) is 48.5 Å². The number of nitrogens with one attached hydrogen (secondary N) is 1. The molecule has 3 rings (SSSR count). The monoisotopic (exact) mass is 356 g/mol. The summed E-state index contributed by atoms with van der Waals surface area (Å²) in [5.74, 6) is 1.39. The summed E-state index contributed by atoms with van der Waals surface area (Å²) in [5, 5.41) is 8.12. The Morgan fingerprint density at radius 3 is 2.44 bits per heavy atom. The molecule has 6 nitrogen and oxygen atoms in total. The molecule has 0 aliphatic rings. The van der Waals surface area contributed by atoms with E-state index in [9.17, 15) is 4.79 Å². The minimum absolute atomic E-state index is 0.217. The molecule has 1 heterocycles. The number of halogens is 1. The van der Waals surface area contributed by atoms with Gasteiger partial charge in [0.15, 0.2) is 5.82 Å². The molecule has 0 amide bonds. The smallest absolute Gasteiger partial charge is 0.246 e. The van der Waals surface area contributed by atoms with Crippen LogP contribution in [0.1, 0.15) is 17.3 Å². The van der Waals surface area contributed by atoms with Crippen molar-refractivity contribution in [1.82, 2.24) is 14.8 Å². The molecule has 2 aromatic carbocycles. The second kappa shape index (κ2) is 7.36. The highest BCUT2D eigenvalue weighted by molar-refractivity contribution is 6.30. The van der Waals surface area contributed by atoms with Crippen molar-refractivity contribution in [3.8, 4) is 17.1 Å². The number of rotatable bonds is 5. The predicted octanol–water partition coefficient (Wildman–Crippen LogP) is 3.88. The van der Waals surface area contributed by atoms with Crippen LogP contribution in [0.3, 0.4) is 0 Å². The second-order valence-corrected chi connectivity index (χ2v) is 5.83. The SMILES string of the molecule is COc1ccc(-c2nc(NCc3ccc(Cl)cc3)n(C(C)=O)n2)cc1. The summed E-state index contributed by atoms with van der Waals surface area (Å²) in [7, 11) is 1.61. The van der Waals surface area contributed by atoms with Gasteiger partial charge in [-0.3, -0.25) is 4.79 Å². The van der Waals surface area contributed by atoms with Crippen LogP contribution in [0.4, 0.5) is 5.95 Å². The van der Waals surface area contributed by atoms with Crippen molar-refractivity contribution in [3.63, 3.8) is 0 Å². The largest absolute Gasteiger partial charge is 0.497 e. The summed E-state index contributed by atoms with van der Waals surface area (Å²) in [4.78, 5) is 16.3. The standard InChI is InChI=1S/C18H17ClN4O2/c1-12(24)23-18(20-11-13-3-7-15(19)8-4-13)21-17(22-23)14-5-9-16(25-2)10-6-14/h3-10H,11H2,1-2H3,(H,20,21,22). The van der Waals surface area contributed by atoms with E-state index >= 15 is 0 Å². The van der Waals surface area contributed by atoms with Crippen LogP contribution in [0.2, 0.25) is 5.02 Å². The lowest BCUT2D eigenvalue weighted by molar-refractivity contribution is 0.0924. The highest BCUT2D eigenvalue weighted by atomic mass is 35.5. The van der Waals surface area contributed by atoms with Crippen molar-refractivity contribution < 1.29 is 9.53 Å². The number of methoxy groups -OCH3 is 1. The Bertz CT molecular complexity index is 873. The van der Waals surface area contributed by atoms with Gasteiger partial charge in [0.1, 0.15) is 5.75 Å². The number of carbonyl (C=O) groups excluding carboxylic acids is 1. The van der Waals surface area contributed by atoms with Crippen LogP contribution in [0, 0.1) is 0 Å². The van der Waals surface area contributed by atoms with Crippen molar-refractivity contribution in [2.45, 2.75) is 13.5 Å². The fourth-order valence-corrected chi connectivity index (χ4v) is 2.42. The van der Waals surface area contributed by atoms with E-state index in [4.69, 9.17) is 16.3 Å². The van der Waals surface area contributed by atoms with Crippen LogP contribution in [0.5, 0.6) is 5.75 Å².